The van der Waals surface area contributed by atoms with E-state index in [1.54, 1.807) is 35.9 Å². The third-order valence-corrected chi connectivity index (χ3v) is 7.86. The van der Waals surface area contributed by atoms with Crippen LogP contribution in [0.5, 0.6) is 0 Å². The molecule has 1 aliphatic carbocycles. The van der Waals surface area contributed by atoms with Crippen LogP contribution in [0, 0.1) is 5.82 Å². The molecule has 166 valence electrons. The number of tetrazole rings is 1. The lowest BCUT2D eigenvalue weighted by Crippen LogP contribution is -2.46. The van der Waals surface area contributed by atoms with Crippen LogP contribution in [0.25, 0.3) is 16.8 Å². The Hall–Kier alpha value is -3.14. The molecule has 1 unspecified atom stereocenters. The molecule has 32 heavy (non-hydrogen) atoms. The van der Waals surface area contributed by atoms with Gasteiger partial charge in [0.2, 0.25) is 0 Å². The molecule has 5 rings (SSSR count). The van der Waals surface area contributed by atoms with Gasteiger partial charge >= 0.3 is 0 Å². The Morgan fingerprint density at radius 1 is 1.16 bits per heavy atom. The second kappa shape index (κ2) is 7.47. The van der Waals surface area contributed by atoms with Crippen molar-refractivity contribution in [2.75, 3.05) is 11.5 Å². The highest BCUT2D eigenvalue weighted by atomic mass is 32.2. The smallest absolute Gasteiger partial charge is 0.251 e. The first kappa shape index (κ1) is 20.7. The lowest BCUT2D eigenvalue weighted by Gasteiger charge is -2.24. The zero-order valence-corrected chi connectivity index (χ0v) is 18.3. The van der Waals surface area contributed by atoms with E-state index in [-0.39, 0.29) is 23.2 Å². The van der Waals surface area contributed by atoms with Gasteiger partial charge in [-0.1, -0.05) is 12.1 Å². The number of sulfone groups is 1. The average Bonchev–Trinajstić information content (AvgIpc) is 3.40. The summed E-state index contributed by atoms with van der Waals surface area (Å²) in [6.07, 6.45) is 2.39. The molecule has 1 saturated carbocycles. The number of nitrogens with zero attached hydrogens (tertiary/aromatic N) is 4. The van der Waals surface area contributed by atoms with Gasteiger partial charge in [0, 0.05) is 11.5 Å². The molecule has 1 N–H and O–H groups in total. The van der Waals surface area contributed by atoms with Crippen LogP contribution in [0.1, 0.15) is 48.3 Å². The zero-order chi connectivity index (χ0) is 22.5. The van der Waals surface area contributed by atoms with E-state index in [2.05, 4.69) is 20.8 Å². The van der Waals surface area contributed by atoms with Gasteiger partial charge in [0.1, 0.15) is 5.82 Å². The molecule has 1 atom stereocenters. The van der Waals surface area contributed by atoms with E-state index >= 15 is 0 Å². The summed E-state index contributed by atoms with van der Waals surface area (Å²) in [6, 6.07) is 11.3. The average molecular weight is 456 g/mol. The Balaban J connectivity index is 1.55. The number of carbonyl (C=O) groups excluding carboxylic acids is 1. The van der Waals surface area contributed by atoms with Gasteiger partial charge in [-0.05, 0) is 78.1 Å². The fourth-order valence-electron chi connectivity index (χ4n) is 4.10. The predicted octanol–water partition coefficient (Wildman–Crippen LogP) is 2.65. The van der Waals surface area contributed by atoms with Gasteiger partial charge in [0.15, 0.2) is 15.7 Å². The first-order valence-corrected chi connectivity index (χ1v) is 12.3. The lowest BCUT2D eigenvalue weighted by molar-refractivity contribution is 0.0915. The van der Waals surface area contributed by atoms with Crippen molar-refractivity contribution < 1.29 is 17.6 Å². The van der Waals surface area contributed by atoms with Gasteiger partial charge in [-0.15, -0.1) is 5.10 Å². The minimum atomic E-state index is -3.17. The number of halogens is 1. The Bertz CT molecular complexity index is 1300. The summed E-state index contributed by atoms with van der Waals surface area (Å²) in [5.74, 6) is 0.265. The molecule has 2 fully saturated rings. The van der Waals surface area contributed by atoms with Gasteiger partial charge < -0.3 is 5.32 Å². The van der Waals surface area contributed by atoms with Crippen LogP contribution in [0.4, 0.5) is 4.39 Å². The number of benzene rings is 2. The van der Waals surface area contributed by atoms with Crippen molar-refractivity contribution in [1.82, 2.24) is 25.5 Å². The molecule has 8 nitrogen and oxygen atoms in total. The van der Waals surface area contributed by atoms with E-state index in [1.807, 2.05) is 6.07 Å². The van der Waals surface area contributed by atoms with Gasteiger partial charge in [0.05, 0.1) is 22.7 Å². The zero-order valence-electron chi connectivity index (χ0n) is 17.5. The number of rotatable bonds is 5. The Morgan fingerprint density at radius 2 is 1.91 bits per heavy atom. The molecule has 1 amide bonds. The van der Waals surface area contributed by atoms with Crippen LogP contribution in [0.3, 0.4) is 0 Å². The van der Waals surface area contributed by atoms with Crippen LogP contribution in [-0.4, -0.2) is 51.6 Å². The molecular weight excluding hydrogens is 433 g/mol. The van der Waals surface area contributed by atoms with Gasteiger partial charge in [0.25, 0.3) is 5.91 Å². The van der Waals surface area contributed by atoms with E-state index in [4.69, 9.17) is 0 Å². The molecule has 0 spiro atoms. The predicted molar refractivity (Wildman–Crippen MR) is 116 cm³/mol. The van der Waals surface area contributed by atoms with Crippen molar-refractivity contribution in [2.24, 2.45) is 0 Å². The van der Waals surface area contributed by atoms with Crippen molar-refractivity contribution in [3.05, 3.63) is 59.7 Å². The SMILES string of the molecule is CC1(NC(=O)c2cc(-c3ccc(F)cc3)cc(-n3nnnc3C3CC3)c2)CCS(=O)(=O)C1. The van der Waals surface area contributed by atoms with Crippen molar-refractivity contribution in [1.29, 1.82) is 0 Å². The highest BCUT2D eigenvalue weighted by Crippen LogP contribution is 2.39. The summed E-state index contributed by atoms with van der Waals surface area (Å²) in [7, 11) is -3.17. The highest BCUT2D eigenvalue weighted by Gasteiger charge is 2.39. The summed E-state index contributed by atoms with van der Waals surface area (Å²) in [6.45, 7) is 1.74. The monoisotopic (exact) mass is 455 g/mol. The molecule has 2 aliphatic rings. The maximum Gasteiger partial charge on any atom is 0.251 e. The topological polar surface area (TPSA) is 107 Å². The fourth-order valence-corrected chi connectivity index (χ4v) is 6.20. The fraction of sp³-hybridized carbons (Fsp3) is 0.364. The second-order valence-corrected chi connectivity index (χ2v) is 11.0. The number of aromatic nitrogens is 4. The number of hydrogen-bond donors (Lipinski definition) is 1. The maximum absolute atomic E-state index is 13.4. The second-order valence-electron chi connectivity index (χ2n) is 8.86. The largest absolute Gasteiger partial charge is 0.346 e. The van der Waals surface area contributed by atoms with E-state index in [1.165, 1.54) is 12.1 Å². The Morgan fingerprint density at radius 3 is 2.56 bits per heavy atom. The summed E-state index contributed by atoms with van der Waals surface area (Å²) in [4.78, 5) is 13.2. The third-order valence-electron chi connectivity index (χ3n) is 5.96. The third kappa shape index (κ3) is 4.14. The van der Waals surface area contributed by atoms with Crippen LogP contribution in [0.15, 0.2) is 42.5 Å². The van der Waals surface area contributed by atoms with Crippen LogP contribution in [0.2, 0.25) is 0 Å². The lowest BCUT2D eigenvalue weighted by atomic mass is 9.99. The molecule has 1 aromatic heterocycles. The van der Waals surface area contributed by atoms with E-state index < -0.39 is 15.4 Å². The standard InChI is InChI=1S/C22H22FN5O3S/c1-22(8-9-32(30,31)13-22)24-21(29)17-10-16(14-4-6-18(23)7-5-14)11-19(12-17)28-20(15-2-3-15)25-26-27-28/h4-7,10-12,15H,2-3,8-9,13H2,1H3,(H,24,29). The summed E-state index contributed by atoms with van der Waals surface area (Å²) >= 11 is 0. The van der Waals surface area contributed by atoms with Crippen molar-refractivity contribution in [3.8, 4) is 16.8 Å². The number of carbonyl (C=O) groups is 1. The van der Waals surface area contributed by atoms with Crippen molar-refractivity contribution >= 4 is 15.7 Å². The van der Waals surface area contributed by atoms with Gasteiger partial charge in [-0.3, -0.25) is 4.79 Å². The van der Waals surface area contributed by atoms with E-state index in [0.29, 0.717) is 29.2 Å². The first-order valence-electron chi connectivity index (χ1n) is 10.4. The minimum absolute atomic E-state index is 0.0556. The molecular formula is C22H22FN5O3S. The molecule has 1 aliphatic heterocycles. The number of hydrogen-bond acceptors (Lipinski definition) is 6. The molecule has 10 heteroatoms. The molecule has 0 bridgehead atoms. The van der Waals surface area contributed by atoms with E-state index in [0.717, 1.165) is 24.2 Å². The summed E-state index contributed by atoms with van der Waals surface area (Å²) < 4.78 is 39.0. The van der Waals surface area contributed by atoms with Crippen LogP contribution >= 0.6 is 0 Å². The quantitative estimate of drug-likeness (QED) is 0.634. The van der Waals surface area contributed by atoms with Gasteiger partial charge in [-0.2, -0.15) is 4.68 Å². The number of amides is 1. The van der Waals surface area contributed by atoms with Crippen LogP contribution in [-0.2, 0) is 9.84 Å². The first-order chi connectivity index (χ1) is 15.2. The van der Waals surface area contributed by atoms with Crippen LogP contribution < -0.4 is 5.32 Å². The summed E-state index contributed by atoms with van der Waals surface area (Å²) in [5, 5.41) is 15.0. The molecule has 1 saturated heterocycles. The summed E-state index contributed by atoms with van der Waals surface area (Å²) in [5.41, 5.74) is 1.58. The number of nitrogens with one attached hydrogen (secondary N) is 1. The van der Waals surface area contributed by atoms with Crippen molar-refractivity contribution in [2.45, 2.75) is 37.6 Å². The maximum atomic E-state index is 13.4. The van der Waals surface area contributed by atoms with Gasteiger partial charge in [-0.25, -0.2) is 12.8 Å². The normalized spacial score (nSPS) is 22.1. The molecule has 3 aromatic rings. The molecule has 2 aromatic carbocycles. The van der Waals surface area contributed by atoms with Crippen molar-refractivity contribution in [3.63, 3.8) is 0 Å². The minimum Gasteiger partial charge on any atom is -0.346 e. The molecule has 2 heterocycles. The Labute approximate surface area is 184 Å². The molecule has 0 radical (unpaired) electrons. The van der Waals surface area contributed by atoms with E-state index in [9.17, 15) is 17.6 Å². The highest BCUT2D eigenvalue weighted by molar-refractivity contribution is 7.91. The Kier molecular flexibility index (Phi) is 4.85.